The highest BCUT2D eigenvalue weighted by molar-refractivity contribution is 7.99. The highest BCUT2D eigenvalue weighted by Crippen LogP contribution is 2.25. The molecule has 7 heteroatoms. The number of aromatic nitrogens is 4. The standard InChI is InChI=1S/C21H25N5OS/c1-4-16-5-7-18(8-6-16)23-19(27)14-28-21-25-24-20(26(21)13-15(2)3)17-9-11-22-12-10-17/h5-12,15H,4,13-14H2,1-3H3,(H,23,27). The first-order chi connectivity index (χ1) is 13.6. The second-order valence-corrected chi connectivity index (χ2v) is 7.88. The molecule has 1 aromatic carbocycles. The molecule has 3 rings (SSSR count). The van der Waals surface area contributed by atoms with Gasteiger partial charge in [-0.15, -0.1) is 10.2 Å². The van der Waals surface area contributed by atoms with Crippen LogP contribution in [0.15, 0.2) is 53.9 Å². The number of nitrogens with zero attached hydrogens (tertiary/aromatic N) is 4. The molecule has 3 aromatic rings. The van der Waals surface area contributed by atoms with Crippen molar-refractivity contribution in [1.29, 1.82) is 0 Å². The number of pyridine rings is 1. The maximum absolute atomic E-state index is 12.4. The van der Waals surface area contributed by atoms with Crippen molar-refractivity contribution in [3.05, 3.63) is 54.4 Å². The fourth-order valence-corrected chi connectivity index (χ4v) is 3.54. The van der Waals surface area contributed by atoms with Crippen molar-refractivity contribution in [2.45, 2.75) is 38.9 Å². The molecular formula is C21H25N5OS. The molecule has 0 saturated heterocycles. The van der Waals surface area contributed by atoms with Gasteiger partial charge in [-0.25, -0.2) is 0 Å². The number of rotatable bonds is 8. The largest absolute Gasteiger partial charge is 0.325 e. The van der Waals surface area contributed by atoms with Crippen molar-refractivity contribution in [1.82, 2.24) is 19.7 Å². The van der Waals surface area contributed by atoms with Crippen LogP contribution in [0.25, 0.3) is 11.4 Å². The lowest BCUT2D eigenvalue weighted by Gasteiger charge is -2.12. The van der Waals surface area contributed by atoms with Gasteiger partial charge < -0.3 is 9.88 Å². The Morgan fingerprint density at radius 3 is 2.46 bits per heavy atom. The second-order valence-electron chi connectivity index (χ2n) is 6.93. The average molecular weight is 396 g/mol. The number of thioether (sulfide) groups is 1. The van der Waals surface area contributed by atoms with Gasteiger partial charge in [0.2, 0.25) is 5.91 Å². The Morgan fingerprint density at radius 1 is 1.11 bits per heavy atom. The lowest BCUT2D eigenvalue weighted by Crippen LogP contribution is -2.15. The zero-order valence-electron chi connectivity index (χ0n) is 16.4. The Bertz CT molecular complexity index is 906. The van der Waals surface area contributed by atoms with E-state index >= 15 is 0 Å². The van der Waals surface area contributed by atoms with E-state index in [-0.39, 0.29) is 11.7 Å². The molecule has 0 aliphatic heterocycles. The van der Waals surface area contributed by atoms with Crippen LogP contribution in [-0.2, 0) is 17.8 Å². The number of hydrogen-bond donors (Lipinski definition) is 1. The maximum Gasteiger partial charge on any atom is 0.234 e. The van der Waals surface area contributed by atoms with Gasteiger partial charge in [0.05, 0.1) is 5.75 Å². The summed E-state index contributed by atoms with van der Waals surface area (Å²) in [7, 11) is 0. The highest BCUT2D eigenvalue weighted by Gasteiger charge is 2.16. The summed E-state index contributed by atoms with van der Waals surface area (Å²) in [6, 6.07) is 11.8. The Kier molecular flexibility index (Phi) is 6.81. The van der Waals surface area contributed by atoms with Crippen LogP contribution in [0.1, 0.15) is 26.3 Å². The molecule has 0 aliphatic carbocycles. The third-order valence-electron chi connectivity index (χ3n) is 4.18. The molecule has 0 bridgehead atoms. The molecule has 1 amide bonds. The first kappa shape index (κ1) is 20.1. The zero-order valence-corrected chi connectivity index (χ0v) is 17.2. The third kappa shape index (κ3) is 5.19. The number of hydrogen-bond acceptors (Lipinski definition) is 5. The predicted molar refractivity (Wildman–Crippen MR) is 113 cm³/mol. The Hall–Kier alpha value is -2.67. The van der Waals surface area contributed by atoms with Gasteiger partial charge in [-0.3, -0.25) is 9.78 Å². The fraction of sp³-hybridized carbons (Fsp3) is 0.333. The van der Waals surface area contributed by atoms with E-state index in [0.29, 0.717) is 5.92 Å². The Morgan fingerprint density at radius 2 is 1.82 bits per heavy atom. The summed E-state index contributed by atoms with van der Waals surface area (Å²) in [4.78, 5) is 16.4. The van der Waals surface area contributed by atoms with Crippen molar-refractivity contribution >= 4 is 23.4 Å². The van der Waals surface area contributed by atoms with E-state index in [1.165, 1.54) is 17.3 Å². The van der Waals surface area contributed by atoms with Gasteiger partial charge in [-0.1, -0.05) is 44.7 Å². The molecule has 0 aliphatic rings. The van der Waals surface area contributed by atoms with Gasteiger partial charge >= 0.3 is 0 Å². The highest BCUT2D eigenvalue weighted by atomic mass is 32.2. The van der Waals surface area contributed by atoms with Crippen LogP contribution in [0.3, 0.4) is 0 Å². The SMILES string of the molecule is CCc1ccc(NC(=O)CSc2nnc(-c3ccncc3)n2CC(C)C)cc1. The van der Waals surface area contributed by atoms with Crippen LogP contribution in [0.2, 0.25) is 0 Å². The summed E-state index contributed by atoms with van der Waals surface area (Å²) >= 11 is 1.40. The van der Waals surface area contributed by atoms with E-state index in [1.54, 1.807) is 12.4 Å². The average Bonchev–Trinajstić information content (AvgIpc) is 3.09. The monoisotopic (exact) mass is 395 g/mol. The third-order valence-corrected chi connectivity index (χ3v) is 5.15. The number of carbonyl (C=O) groups excluding carboxylic acids is 1. The molecule has 28 heavy (non-hydrogen) atoms. The number of anilines is 1. The molecule has 2 heterocycles. The van der Waals surface area contributed by atoms with Crippen LogP contribution >= 0.6 is 11.8 Å². The molecular weight excluding hydrogens is 370 g/mol. The van der Waals surface area contributed by atoms with Crippen LogP contribution in [0.5, 0.6) is 0 Å². The van der Waals surface area contributed by atoms with Crippen molar-refractivity contribution in [2.75, 3.05) is 11.1 Å². The summed E-state index contributed by atoms with van der Waals surface area (Å²) in [5.41, 5.74) is 3.03. The lowest BCUT2D eigenvalue weighted by atomic mass is 10.1. The van der Waals surface area contributed by atoms with Gasteiger partial charge in [0.15, 0.2) is 11.0 Å². The van der Waals surface area contributed by atoms with Crippen LogP contribution in [0, 0.1) is 5.92 Å². The van der Waals surface area contributed by atoms with Crippen molar-refractivity contribution in [2.24, 2.45) is 5.92 Å². The topological polar surface area (TPSA) is 72.7 Å². The molecule has 0 radical (unpaired) electrons. The van der Waals surface area contributed by atoms with Gasteiger partial charge in [0, 0.05) is 30.2 Å². The summed E-state index contributed by atoms with van der Waals surface area (Å²) in [6.45, 7) is 7.19. The van der Waals surface area contributed by atoms with E-state index < -0.39 is 0 Å². The minimum atomic E-state index is -0.0567. The van der Waals surface area contributed by atoms with Gasteiger partial charge in [0.25, 0.3) is 0 Å². The normalized spacial score (nSPS) is 11.0. The van der Waals surface area contributed by atoms with Crippen molar-refractivity contribution in [3.63, 3.8) is 0 Å². The Balaban J connectivity index is 1.69. The molecule has 0 atom stereocenters. The molecule has 0 spiro atoms. The number of aryl methyl sites for hydroxylation is 1. The van der Waals surface area contributed by atoms with E-state index in [9.17, 15) is 4.79 Å². The van der Waals surface area contributed by atoms with E-state index in [2.05, 4.69) is 45.8 Å². The summed E-state index contributed by atoms with van der Waals surface area (Å²) in [6.07, 6.45) is 4.47. The van der Waals surface area contributed by atoms with E-state index in [0.717, 1.165) is 35.2 Å². The molecule has 146 valence electrons. The fourth-order valence-electron chi connectivity index (χ4n) is 2.79. The van der Waals surface area contributed by atoms with Crippen LogP contribution in [0.4, 0.5) is 5.69 Å². The van der Waals surface area contributed by atoms with Gasteiger partial charge in [-0.2, -0.15) is 0 Å². The Labute approximate surface area is 169 Å². The molecule has 6 nitrogen and oxygen atoms in total. The van der Waals surface area contributed by atoms with Crippen molar-refractivity contribution in [3.8, 4) is 11.4 Å². The number of amides is 1. The predicted octanol–water partition coefficient (Wildman–Crippen LogP) is 4.29. The van der Waals surface area contributed by atoms with E-state index in [4.69, 9.17) is 0 Å². The van der Waals surface area contributed by atoms with Crippen LogP contribution < -0.4 is 5.32 Å². The first-order valence-corrected chi connectivity index (χ1v) is 10.4. The first-order valence-electron chi connectivity index (χ1n) is 9.42. The number of carbonyl (C=O) groups is 1. The molecule has 0 fully saturated rings. The molecule has 2 aromatic heterocycles. The smallest absolute Gasteiger partial charge is 0.234 e. The minimum absolute atomic E-state index is 0.0567. The number of nitrogens with one attached hydrogen (secondary N) is 1. The number of benzene rings is 1. The second kappa shape index (κ2) is 9.50. The maximum atomic E-state index is 12.4. The van der Waals surface area contributed by atoms with Crippen molar-refractivity contribution < 1.29 is 4.79 Å². The summed E-state index contributed by atoms with van der Waals surface area (Å²) < 4.78 is 2.08. The van der Waals surface area contributed by atoms with Gasteiger partial charge in [0.1, 0.15) is 0 Å². The molecule has 1 N–H and O–H groups in total. The zero-order chi connectivity index (χ0) is 19.9. The van der Waals surface area contributed by atoms with Gasteiger partial charge in [-0.05, 0) is 42.2 Å². The quantitative estimate of drug-likeness (QED) is 0.576. The lowest BCUT2D eigenvalue weighted by molar-refractivity contribution is -0.113. The summed E-state index contributed by atoms with van der Waals surface area (Å²) in [5.74, 6) is 1.46. The molecule has 0 unspecified atom stereocenters. The summed E-state index contributed by atoms with van der Waals surface area (Å²) in [5, 5.41) is 12.4. The molecule has 0 saturated carbocycles. The van der Waals surface area contributed by atoms with Crippen LogP contribution in [-0.4, -0.2) is 31.4 Å². The van der Waals surface area contributed by atoms with E-state index in [1.807, 2.05) is 36.4 Å². The minimum Gasteiger partial charge on any atom is -0.325 e.